The molecule has 0 aromatic rings. The monoisotopic (exact) mass is 600 g/mol. The lowest BCUT2D eigenvalue weighted by atomic mass is 9.97. The van der Waals surface area contributed by atoms with E-state index < -0.39 is 105 Å². The summed E-state index contributed by atoms with van der Waals surface area (Å²) in [5.74, 6) is 0. The summed E-state index contributed by atoms with van der Waals surface area (Å²) in [6.07, 6.45) is -18.5. The number of aliphatic hydroxyl groups excluding tert-OH is 10. The quantitative estimate of drug-likeness (QED) is 0.0663. The van der Waals surface area contributed by atoms with Crippen LogP contribution in [0.2, 0.25) is 0 Å². The molecular weight excluding hydrogens is 556 g/mol. The molecule has 0 saturated carbocycles. The van der Waals surface area contributed by atoms with Crippen LogP contribution in [0.25, 0.3) is 0 Å². The lowest BCUT2D eigenvalue weighted by molar-refractivity contribution is -0.373. The number of rotatable bonds is 14. The summed E-state index contributed by atoms with van der Waals surface area (Å²) in [5, 5.41) is 101. The van der Waals surface area contributed by atoms with Gasteiger partial charge in [0.05, 0.1) is 25.9 Å². The lowest BCUT2D eigenvalue weighted by Gasteiger charge is -2.46. The summed E-state index contributed by atoms with van der Waals surface area (Å²) in [6.45, 7) is 2.26. The molecule has 16 nitrogen and oxygen atoms in total. The Balaban J connectivity index is 1.74. The Kier molecular flexibility index (Phi) is 13.7. The molecule has 3 saturated heterocycles. The molecule has 41 heavy (non-hydrogen) atoms. The fraction of sp³-hybridized carbons (Fsp3) is 0.920. The summed E-state index contributed by atoms with van der Waals surface area (Å²) in [5.41, 5.74) is 0. The predicted octanol–water partition coefficient (Wildman–Crippen LogP) is -4.80. The second kappa shape index (κ2) is 16.2. The van der Waals surface area contributed by atoms with Gasteiger partial charge >= 0.3 is 0 Å². The molecule has 0 spiro atoms. The minimum atomic E-state index is -1.81. The standard InChI is InChI=1S/C25H44O16/c1-2-11(6-4-3-5-7-26)38-25-22(41-24-21(35)18(32)16(30)13(8-27)39-24)19(33)17(31)14(40-25)10-37-23-20(34)15(29)12(28)9-36-23/h2,11-35H,1,3-10H2/t11?,12-,13-,14-,15+,16-,17-,18+,19+,20-,21-,22-,23+,24+,25-/m1/s1. The van der Waals surface area contributed by atoms with Crippen LogP contribution in [0.1, 0.15) is 25.7 Å². The van der Waals surface area contributed by atoms with E-state index in [2.05, 4.69) is 6.58 Å². The van der Waals surface area contributed by atoms with Crippen LogP contribution < -0.4 is 0 Å². The van der Waals surface area contributed by atoms with Crippen molar-refractivity contribution in [2.75, 3.05) is 26.4 Å². The molecule has 15 atom stereocenters. The first-order chi connectivity index (χ1) is 19.5. The third kappa shape index (κ3) is 8.60. The summed E-state index contributed by atoms with van der Waals surface area (Å²) >= 11 is 0. The Labute approximate surface area is 236 Å². The van der Waals surface area contributed by atoms with Crippen LogP contribution in [0.5, 0.6) is 0 Å². The molecule has 0 aliphatic carbocycles. The first-order valence-corrected chi connectivity index (χ1v) is 13.7. The summed E-state index contributed by atoms with van der Waals surface area (Å²) in [7, 11) is 0. The SMILES string of the molecule is C=CC(CCCCCO)O[C@@H]1O[C@H](CO[C@@H]2OC[C@@H](O)[C@H](O)[C@H]2O)[C@@H](O)[C@H](O)[C@H]1O[C@@H]1O[C@H](CO)[C@@H](O)[C@H](O)[C@H]1O. The highest BCUT2D eigenvalue weighted by Crippen LogP contribution is 2.31. The van der Waals surface area contributed by atoms with Crippen LogP contribution in [-0.4, -0.2) is 170 Å². The van der Waals surface area contributed by atoms with E-state index in [0.717, 1.165) is 0 Å². The fourth-order valence-electron chi connectivity index (χ4n) is 4.80. The Morgan fingerprint density at radius 3 is 2.05 bits per heavy atom. The van der Waals surface area contributed by atoms with Crippen molar-refractivity contribution in [2.24, 2.45) is 0 Å². The molecule has 10 N–H and O–H groups in total. The fourth-order valence-corrected chi connectivity index (χ4v) is 4.80. The van der Waals surface area contributed by atoms with E-state index in [4.69, 9.17) is 33.5 Å². The van der Waals surface area contributed by atoms with Gasteiger partial charge in [-0.15, -0.1) is 6.58 Å². The Morgan fingerprint density at radius 1 is 0.732 bits per heavy atom. The largest absolute Gasteiger partial charge is 0.396 e. The van der Waals surface area contributed by atoms with Gasteiger partial charge in [-0.25, -0.2) is 0 Å². The second-order valence-electron chi connectivity index (χ2n) is 10.4. The number of unbranched alkanes of at least 4 members (excludes halogenated alkanes) is 2. The molecule has 3 heterocycles. The maximum absolute atomic E-state index is 11.0. The Morgan fingerprint density at radius 2 is 1.39 bits per heavy atom. The van der Waals surface area contributed by atoms with Gasteiger partial charge in [-0.1, -0.05) is 18.9 Å². The van der Waals surface area contributed by atoms with Crippen LogP contribution in [0, 0.1) is 0 Å². The van der Waals surface area contributed by atoms with Gasteiger partial charge in [0.1, 0.15) is 67.1 Å². The van der Waals surface area contributed by atoms with Gasteiger partial charge in [0.2, 0.25) is 0 Å². The van der Waals surface area contributed by atoms with Gasteiger partial charge in [0.15, 0.2) is 18.9 Å². The molecule has 0 aromatic carbocycles. The molecule has 0 bridgehead atoms. The van der Waals surface area contributed by atoms with Crippen molar-refractivity contribution in [3.63, 3.8) is 0 Å². The zero-order valence-corrected chi connectivity index (χ0v) is 22.5. The van der Waals surface area contributed by atoms with E-state index in [-0.39, 0.29) is 13.2 Å². The Hall–Kier alpha value is -0.900. The van der Waals surface area contributed by atoms with Crippen molar-refractivity contribution in [1.29, 1.82) is 0 Å². The van der Waals surface area contributed by atoms with Crippen LogP contribution in [0.15, 0.2) is 12.7 Å². The van der Waals surface area contributed by atoms with E-state index in [1.165, 1.54) is 6.08 Å². The number of aliphatic hydroxyl groups is 10. The van der Waals surface area contributed by atoms with E-state index in [9.17, 15) is 46.0 Å². The normalized spacial score (nSPS) is 44.4. The average molecular weight is 601 g/mol. The van der Waals surface area contributed by atoms with Crippen LogP contribution >= 0.6 is 0 Å². The van der Waals surface area contributed by atoms with Crippen molar-refractivity contribution in [1.82, 2.24) is 0 Å². The van der Waals surface area contributed by atoms with Gasteiger partial charge < -0.3 is 79.5 Å². The second-order valence-corrected chi connectivity index (χ2v) is 10.4. The maximum Gasteiger partial charge on any atom is 0.187 e. The molecule has 3 rings (SSSR count). The van der Waals surface area contributed by atoms with Crippen molar-refractivity contribution in [2.45, 2.75) is 118 Å². The van der Waals surface area contributed by atoms with Crippen molar-refractivity contribution >= 4 is 0 Å². The smallest absolute Gasteiger partial charge is 0.187 e. The molecule has 3 aliphatic rings. The van der Waals surface area contributed by atoms with Crippen LogP contribution in [0.4, 0.5) is 0 Å². The van der Waals surface area contributed by atoms with E-state index in [1.807, 2.05) is 0 Å². The third-order valence-corrected chi connectivity index (χ3v) is 7.38. The van der Waals surface area contributed by atoms with E-state index in [1.54, 1.807) is 0 Å². The molecule has 3 fully saturated rings. The lowest BCUT2D eigenvalue weighted by Crippen LogP contribution is -2.65. The van der Waals surface area contributed by atoms with E-state index in [0.29, 0.717) is 25.7 Å². The van der Waals surface area contributed by atoms with Crippen molar-refractivity contribution < 1.29 is 79.5 Å². The average Bonchev–Trinajstić information content (AvgIpc) is 2.96. The van der Waals surface area contributed by atoms with Gasteiger partial charge in [-0.05, 0) is 12.8 Å². The number of hydrogen-bond acceptors (Lipinski definition) is 16. The van der Waals surface area contributed by atoms with Gasteiger partial charge in [0, 0.05) is 6.61 Å². The van der Waals surface area contributed by atoms with Crippen molar-refractivity contribution in [3.8, 4) is 0 Å². The first kappa shape index (κ1) is 34.6. The minimum absolute atomic E-state index is 0.0293. The molecule has 0 aromatic heterocycles. The molecule has 16 heteroatoms. The summed E-state index contributed by atoms with van der Waals surface area (Å²) in [4.78, 5) is 0. The number of ether oxygens (including phenoxy) is 6. The number of hydrogen-bond donors (Lipinski definition) is 10. The highest BCUT2D eigenvalue weighted by molar-refractivity contribution is 4.95. The van der Waals surface area contributed by atoms with Gasteiger partial charge in [-0.3, -0.25) is 0 Å². The maximum atomic E-state index is 11.0. The summed E-state index contributed by atoms with van der Waals surface area (Å²) in [6, 6.07) is 0. The minimum Gasteiger partial charge on any atom is -0.396 e. The molecular formula is C25H44O16. The topological polar surface area (TPSA) is 258 Å². The first-order valence-electron chi connectivity index (χ1n) is 13.7. The Bertz CT molecular complexity index is 774. The van der Waals surface area contributed by atoms with Crippen LogP contribution in [0.3, 0.4) is 0 Å². The molecule has 240 valence electrons. The third-order valence-electron chi connectivity index (χ3n) is 7.38. The van der Waals surface area contributed by atoms with Gasteiger partial charge in [-0.2, -0.15) is 0 Å². The molecule has 3 aliphatic heterocycles. The van der Waals surface area contributed by atoms with Gasteiger partial charge in [0.25, 0.3) is 0 Å². The van der Waals surface area contributed by atoms with Crippen LogP contribution in [-0.2, 0) is 28.4 Å². The zero-order chi connectivity index (χ0) is 30.3. The predicted molar refractivity (Wildman–Crippen MR) is 134 cm³/mol. The molecule has 1 unspecified atom stereocenters. The van der Waals surface area contributed by atoms with E-state index >= 15 is 0 Å². The summed E-state index contributed by atoms with van der Waals surface area (Å²) < 4.78 is 33.6. The molecule has 0 radical (unpaired) electrons. The highest BCUT2D eigenvalue weighted by atomic mass is 16.8. The zero-order valence-electron chi connectivity index (χ0n) is 22.5. The highest BCUT2D eigenvalue weighted by Gasteiger charge is 2.51. The molecule has 0 amide bonds. The van der Waals surface area contributed by atoms with Crippen molar-refractivity contribution in [3.05, 3.63) is 12.7 Å².